The first-order chi connectivity index (χ1) is 15.5. The van der Waals surface area contributed by atoms with Crippen LogP contribution in [0.25, 0.3) is 11.3 Å². The van der Waals surface area contributed by atoms with Gasteiger partial charge in [-0.25, -0.2) is 4.98 Å². The molecule has 3 heterocycles. The van der Waals surface area contributed by atoms with Crippen molar-refractivity contribution < 1.29 is 19.1 Å². The minimum Gasteiger partial charge on any atom is -0.454 e. The Morgan fingerprint density at radius 2 is 1.97 bits per heavy atom. The number of nitrogens with zero attached hydrogens (tertiary/aromatic N) is 2. The van der Waals surface area contributed by atoms with E-state index in [2.05, 4.69) is 16.4 Å². The third-order valence-corrected chi connectivity index (χ3v) is 6.37. The number of hydrogen-bond acceptors (Lipinski definition) is 6. The Kier molecular flexibility index (Phi) is 5.30. The maximum Gasteiger partial charge on any atom is 0.257 e. The molecule has 5 rings (SSSR count). The van der Waals surface area contributed by atoms with Crippen LogP contribution in [0.4, 0.5) is 10.8 Å². The molecule has 1 N–H and O–H groups in total. The number of benzene rings is 2. The molecule has 0 bridgehead atoms. The second-order valence-corrected chi connectivity index (χ2v) is 9.01. The summed E-state index contributed by atoms with van der Waals surface area (Å²) in [4.78, 5) is 31.7. The largest absolute Gasteiger partial charge is 0.454 e. The van der Waals surface area contributed by atoms with Crippen LogP contribution in [0.15, 0.2) is 41.8 Å². The number of fused-ring (bicyclic) bond motifs is 2. The van der Waals surface area contributed by atoms with Gasteiger partial charge < -0.3 is 14.4 Å². The summed E-state index contributed by atoms with van der Waals surface area (Å²) in [5.41, 5.74) is 4.40. The molecular weight excluding hydrogens is 426 g/mol. The molecule has 2 aliphatic rings. The molecule has 3 aromatic rings. The highest BCUT2D eigenvalue weighted by Gasteiger charge is 2.25. The summed E-state index contributed by atoms with van der Waals surface area (Å²) in [7, 11) is 0. The van der Waals surface area contributed by atoms with Crippen molar-refractivity contribution in [3.05, 3.63) is 52.9 Å². The zero-order valence-corrected chi connectivity index (χ0v) is 18.7. The van der Waals surface area contributed by atoms with Crippen molar-refractivity contribution in [2.75, 3.05) is 23.6 Å². The average Bonchev–Trinajstić information content (AvgIpc) is 3.46. The van der Waals surface area contributed by atoms with Gasteiger partial charge in [0.15, 0.2) is 16.6 Å². The monoisotopic (exact) mass is 449 g/mol. The van der Waals surface area contributed by atoms with E-state index in [9.17, 15) is 9.59 Å². The summed E-state index contributed by atoms with van der Waals surface area (Å²) < 4.78 is 10.6. The highest BCUT2D eigenvalue weighted by atomic mass is 32.1. The summed E-state index contributed by atoms with van der Waals surface area (Å²) in [5, 5.41) is 5.31. The number of anilines is 2. The second-order valence-electron chi connectivity index (χ2n) is 8.15. The third kappa shape index (κ3) is 3.82. The fourth-order valence-electron chi connectivity index (χ4n) is 3.97. The van der Waals surface area contributed by atoms with Crippen LogP contribution in [0, 0.1) is 5.92 Å². The first-order valence-electron chi connectivity index (χ1n) is 10.6. The van der Waals surface area contributed by atoms with Crippen molar-refractivity contribution in [2.24, 2.45) is 5.92 Å². The van der Waals surface area contributed by atoms with E-state index in [-0.39, 0.29) is 24.5 Å². The molecule has 8 heteroatoms. The number of amides is 2. The lowest BCUT2D eigenvalue weighted by Crippen LogP contribution is -2.38. The summed E-state index contributed by atoms with van der Waals surface area (Å²) in [5.74, 6) is 1.07. The number of carbonyl (C=O) groups excluding carboxylic acids is 2. The summed E-state index contributed by atoms with van der Waals surface area (Å²) >= 11 is 1.38. The van der Waals surface area contributed by atoms with Gasteiger partial charge in [-0.1, -0.05) is 19.9 Å². The highest BCUT2D eigenvalue weighted by Crippen LogP contribution is 2.35. The standard InChI is InChI=1S/C24H23N3O4S/c1-14(2)23(29)27-9-3-4-16-10-15(5-7-19(16)27)18-12-32-24(25-18)26-22(28)17-6-8-20-21(11-17)31-13-30-20/h5-8,10-12,14H,3-4,9,13H2,1-2H3,(H,25,26,28). The van der Waals surface area contributed by atoms with Crippen molar-refractivity contribution in [2.45, 2.75) is 26.7 Å². The van der Waals surface area contributed by atoms with E-state index in [0.29, 0.717) is 22.2 Å². The predicted octanol–water partition coefficient (Wildman–Crippen LogP) is 4.73. The van der Waals surface area contributed by atoms with Crippen LogP contribution < -0.4 is 19.7 Å². The van der Waals surface area contributed by atoms with Gasteiger partial charge in [0.2, 0.25) is 12.7 Å². The van der Waals surface area contributed by atoms with Crippen molar-refractivity contribution in [3.63, 3.8) is 0 Å². The molecule has 2 aliphatic heterocycles. The third-order valence-electron chi connectivity index (χ3n) is 5.61. The van der Waals surface area contributed by atoms with Crippen LogP contribution in [0.5, 0.6) is 11.5 Å². The van der Waals surface area contributed by atoms with E-state index in [1.807, 2.05) is 36.3 Å². The van der Waals surface area contributed by atoms with E-state index in [1.165, 1.54) is 11.3 Å². The Morgan fingerprint density at radius 1 is 1.12 bits per heavy atom. The Morgan fingerprint density at radius 3 is 2.81 bits per heavy atom. The van der Waals surface area contributed by atoms with Gasteiger partial charge >= 0.3 is 0 Å². The van der Waals surface area contributed by atoms with Gasteiger partial charge in [-0.15, -0.1) is 11.3 Å². The molecule has 0 saturated carbocycles. The fraction of sp³-hybridized carbons (Fsp3) is 0.292. The number of hydrogen-bond donors (Lipinski definition) is 1. The molecule has 32 heavy (non-hydrogen) atoms. The molecule has 0 fully saturated rings. The fourth-order valence-corrected chi connectivity index (χ4v) is 4.68. The van der Waals surface area contributed by atoms with Crippen LogP contribution in [0.2, 0.25) is 0 Å². The summed E-state index contributed by atoms with van der Waals surface area (Å²) in [6.45, 7) is 4.79. The Labute approximate surface area is 190 Å². The van der Waals surface area contributed by atoms with Crippen molar-refractivity contribution in [1.29, 1.82) is 0 Å². The van der Waals surface area contributed by atoms with Crippen LogP contribution >= 0.6 is 11.3 Å². The molecular formula is C24H23N3O4S. The van der Waals surface area contributed by atoms with E-state index in [4.69, 9.17) is 9.47 Å². The molecule has 1 aromatic heterocycles. The Bertz CT molecular complexity index is 1200. The first-order valence-corrected chi connectivity index (χ1v) is 11.5. The van der Waals surface area contributed by atoms with Crippen molar-refractivity contribution in [3.8, 4) is 22.8 Å². The molecule has 164 valence electrons. The maximum atomic E-state index is 12.6. The molecule has 0 aliphatic carbocycles. The highest BCUT2D eigenvalue weighted by molar-refractivity contribution is 7.14. The van der Waals surface area contributed by atoms with Crippen LogP contribution in [0.1, 0.15) is 36.2 Å². The lowest BCUT2D eigenvalue weighted by atomic mass is 9.97. The molecule has 0 atom stereocenters. The van der Waals surface area contributed by atoms with Crippen LogP contribution in [-0.2, 0) is 11.2 Å². The van der Waals surface area contributed by atoms with E-state index in [0.717, 1.165) is 41.9 Å². The Hall–Kier alpha value is -3.39. The average molecular weight is 450 g/mol. The number of aryl methyl sites for hydroxylation is 1. The zero-order chi connectivity index (χ0) is 22.2. The van der Waals surface area contributed by atoms with Crippen molar-refractivity contribution in [1.82, 2.24) is 4.98 Å². The van der Waals surface area contributed by atoms with Gasteiger partial charge in [-0.05, 0) is 48.7 Å². The van der Waals surface area contributed by atoms with Crippen LogP contribution in [0.3, 0.4) is 0 Å². The zero-order valence-electron chi connectivity index (χ0n) is 17.9. The summed E-state index contributed by atoms with van der Waals surface area (Å²) in [6, 6.07) is 11.2. The van der Waals surface area contributed by atoms with Crippen molar-refractivity contribution >= 4 is 34.0 Å². The van der Waals surface area contributed by atoms with E-state index < -0.39 is 0 Å². The lowest BCUT2D eigenvalue weighted by molar-refractivity contribution is -0.121. The molecule has 2 amide bonds. The topological polar surface area (TPSA) is 80.8 Å². The number of aromatic nitrogens is 1. The summed E-state index contributed by atoms with van der Waals surface area (Å²) in [6.07, 6.45) is 1.88. The molecule has 0 unspecified atom stereocenters. The molecule has 2 aromatic carbocycles. The number of thiazole rings is 1. The van der Waals surface area contributed by atoms with Gasteiger partial charge in [0.05, 0.1) is 5.69 Å². The minimum atomic E-state index is -0.252. The number of carbonyl (C=O) groups is 2. The van der Waals surface area contributed by atoms with E-state index >= 15 is 0 Å². The van der Waals surface area contributed by atoms with Gasteiger partial charge in [0.1, 0.15) is 0 Å². The molecule has 0 radical (unpaired) electrons. The second kappa shape index (κ2) is 8.27. The lowest BCUT2D eigenvalue weighted by Gasteiger charge is -2.31. The molecule has 0 saturated heterocycles. The van der Waals surface area contributed by atoms with Gasteiger partial charge in [0, 0.05) is 34.7 Å². The quantitative estimate of drug-likeness (QED) is 0.623. The smallest absolute Gasteiger partial charge is 0.257 e. The van der Waals surface area contributed by atoms with Gasteiger partial charge in [-0.2, -0.15) is 0 Å². The maximum absolute atomic E-state index is 12.6. The first kappa shape index (κ1) is 20.5. The van der Waals surface area contributed by atoms with Gasteiger partial charge in [-0.3, -0.25) is 14.9 Å². The van der Waals surface area contributed by atoms with E-state index in [1.54, 1.807) is 18.2 Å². The SMILES string of the molecule is CC(C)C(=O)N1CCCc2cc(-c3csc(NC(=O)c4ccc5c(c4)OCO5)n3)ccc21. The predicted molar refractivity (Wildman–Crippen MR) is 124 cm³/mol. The number of rotatable bonds is 4. The normalized spacial score (nSPS) is 14.4. The molecule has 7 nitrogen and oxygen atoms in total. The number of ether oxygens (including phenoxy) is 2. The van der Waals surface area contributed by atoms with Gasteiger partial charge in [0.25, 0.3) is 5.91 Å². The Balaban J connectivity index is 1.33. The molecule has 0 spiro atoms. The number of nitrogens with one attached hydrogen (secondary N) is 1. The minimum absolute atomic E-state index is 0.0323. The van der Waals surface area contributed by atoms with Crippen LogP contribution in [-0.4, -0.2) is 30.1 Å².